The molecule has 19 heavy (non-hydrogen) atoms. The Balaban J connectivity index is 1.99. The van der Waals surface area contributed by atoms with Crippen molar-refractivity contribution in [1.29, 1.82) is 0 Å². The number of nitrogens with zero attached hydrogens (tertiary/aromatic N) is 4. The minimum atomic E-state index is 0.577. The fourth-order valence-electron chi connectivity index (χ4n) is 1.73. The van der Waals surface area contributed by atoms with E-state index >= 15 is 0 Å². The summed E-state index contributed by atoms with van der Waals surface area (Å²) in [4.78, 5) is 15.0. The quantitative estimate of drug-likeness (QED) is 0.684. The van der Waals surface area contributed by atoms with Crippen molar-refractivity contribution in [1.82, 2.24) is 19.6 Å². The van der Waals surface area contributed by atoms with Crippen LogP contribution in [0.15, 0.2) is 46.8 Å². The Morgan fingerprint density at radius 3 is 3.00 bits per heavy atom. The first-order chi connectivity index (χ1) is 9.28. The van der Waals surface area contributed by atoms with Gasteiger partial charge in [-0.1, -0.05) is 6.07 Å². The monoisotopic (exact) mass is 270 g/mol. The number of aldehydes is 1. The summed E-state index contributed by atoms with van der Waals surface area (Å²) in [6.07, 6.45) is 4.26. The van der Waals surface area contributed by atoms with Crippen molar-refractivity contribution in [3.63, 3.8) is 0 Å². The van der Waals surface area contributed by atoms with Gasteiger partial charge in [0.05, 0.1) is 0 Å². The maximum Gasteiger partial charge on any atom is 0.201 e. The van der Waals surface area contributed by atoms with Crippen LogP contribution in [0.1, 0.15) is 15.9 Å². The number of pyridine rings is 2. The number of hydrogen-bond acceptors (Lipinski definition) is 5. The van der Waals surface area contributed by atoms with Gasteiger partial charge < -0.3 is 0 Å². The van der Waals surface area contributed by atoms with Crippen molar-refractivity contribution in [2.45, 2.75) is 17.1 Å². The SMILES string of the molecule is Cc1cc(C=O)cnc1Sc1nnc2ccccn12. The lowest BCUT2D eigenvalue weighted by Gasteiger charge is -2.03. The Bertz CT molecular complexity index is 753. The molecule has 5 nitrogen and oxygen atoms in total. The van der Waals surface area contributed by atoms with Gasteiger partial charge in [0.1, 0.15) is 5.03 Å². The van der Waals surface area contributed by atoms with Gasteiger partial charge in [-0.3, -0.25) is 9.20 Å². The number of fused-ring (bicyclic) bond motifs is 1. The average molecular weight is 270 g/mol. The van der Waals surface area contributed by atoms with E-state index in [2.05, 4.69) is 15.2 Å². The van der Waals surface area contributed by atoms with Crippen LogP contribution in [0.4, 0.5) is 0 Å². The first-order valence-corrected chi connectivity index (χ1v) is 6.49. The Hall–Kier alpha value is -2.21. The molecule has 0 aliphatic carbocycles. The molecule has 0 radical (unpaired) electrons. The minimum Gasteiger partial charge on any atom is -0.298 e. The van der Waals surface area contributed by atoms with Crippen LogP contribution >= 0.6 is 11.8 Å². The molecule has 3 rings (SSSR count). The van der Waals surface area contributed by atoms with Crippen LogP contribution in [0.5, 0.6) is 0 Å². The predicted molar refractivity (Wildman–Crippen MR) is 71.5 cm³/mol. The van der Waals surface area contributed by atoms with Crippen LogP contribution in [0.2, 0.25) is 0 Å². The van der Waals surface area contributed by atoms with Gasteiger partial charge in [0, 0.05) is 18.0 Å². The summed E-state index contributed by atoms with van der Waals surface area (Å²) < 4.78 is 1.90. The first-order valence-electron chi connectivity index (χ1n) is 5.67. The van der Waals surface area contributed by atoms with Crippen LogP contribution in [0, 0.1) is 6.92 Å². The van der Waals surface area contributed by atoms with E-state index in [9.17, 15) is 4.79 Å². The minimum absolute atomic E-state index is 0.577. The Kier molecular flexibility index (Phi) is 3.00. The third kappa shape index (κ3) is 2.22. The third-order valence-electron chi connectivity index (χ3n) is 2.66. The lowest BCUT2D eigenvalue weighted by Crippen LogP contribution is -1.92. The second-order valence-electron chi connectivity index (χ2n) is 4.02. The first kappa shape index (κ1) is 11.9. The largest absolute Gasteiger partial charge is 0.298 e. The lowest BCUT2D eigenvalue weighted by molar-refractivity contribution is 0.112. The highest BCUT2D eigenvalue weighted by Crippen LogP contribution is 2.27. The molecule has 0 fully saturated rings. The van der Waals surface area contributed by atoms with Crippen LogP contribution in [-0.2, 0) is 0 Å². The van der Waals surface area contributed by atoms with Crippen LogP contribution < -0.4 is 0 Å². The van der Waals surface area contributed by atoms with Gasteiger partial charge in [0.2, 0.25) is 5.16 Å². The van der Waals surface area contributed by atoms with E-state index < -0.39 is 0 Å². The molecule has 0 amide bonds. The summed E-state index contributed by atoms with van der Waals surface area (Å²) in [5.74, 6) is 0. The summed E-state index contributed by atoms with van der Waals surface area (Å²) in [6.45, 7) is 1.92. The second-order valence-corrected chi connectivity index (χ2v) is 4.98. The normalized spacial score (nSPS) is 10.8. The molecule has 3 aromatic rings. The molecule has 3 heterocycles. The topological polar surface area (TPSA) is 60.2 Å². The van der Waals surface area contributed by atoms with E-state index in [1.807, 2.05) is 41.8 Å². The Labute approximate surface area is 113 Å². The number of carbonyl (C=O) groups excluding carboxylic acids is 1. The number of hydrogen-bond donors (Lipinski definition) is 0. The molecule has 0 bridgehead atoms. The van der Waals surface area contributed by atoms with E-state index in [1.54, 1.807) is 6.20 Å². The van der Waals surface area contributed by atoms with E-state index in [-0.39, 0.29) is 0 Å². The molecule has 3 aromatic heterocycles. The zero-order valence-electron chi connectivity index (χ0n) is 10.1. The van der Waals surface area contributed by atoms with Gasteiger partial charge in [0.25, 0.3) is 0 Å². The van der Waals surface area contributed by atoms with E-state index in [4.69, 9.17) is 0 Å². The lowest BCUT2D eigenvalue weighted by atomic mass is 10.2. The van der Waals surface area contributed by atoms with Crippen molar-refractivity contribution in [3.05, 3.63) is 47.8 Å². The molecular weight excluding hydrogens is 260 g/mol. The van der Waals surface area contributed by atoms with Gasteiger partial charge >= 0.3 is 0 Å². The van der Waals surface area contributed by atoms with E-state index in [0.717, 1.165) is 27.7 Å². The summed E-state index contributed by atoms with van der Waals surface area (Å²) in [5, 5.41) is 9.80. The third-order valence-corrected chi connectivity index (χ3v) is 3.74. The van der Waals surface area contributed by atoms with Crippen LogP contribution in [-0.4, -0.2) is 25.9 Å². The number of carbonyl (C=O) groups is 1. The fourth-order valence-corrected chi connectivity index (χ4v) is 2.56. The highest BCUT2D eigenvalue weighted by atomic mass is 32.2. The smallest absolute Gasteiger partial charge is 0.201 e. The summed E-state index contributed by atoms with van der Waals surface area (Å²) in [5.41, 5.74) is 2.32. The van der Waals surface area contributed by atoms with Gasteiger partial charge in [-0.25, -0.2) is 4.98 Å². The molecule has 0 spiro atoms. The van der Waals surface area contributed by atoms with Crippen LogP contribution in [0.25, 0.3) is 5.65 Å². The van der Waals surface area contributed by atoms with E-state index in [1.165, 1.54) is 11.8 Å². The van der Waals surface area contributed by atoms with Crippen LogP contribution in [0.3, 0.4) is 0 Å². The molecule has 0 atom stereocenters. The van der Waals surface area contributed by atoms with E-state index in [0.29, 0.717) is 5.56 Å². The highest BCUT2D eigenvalue weighted by Gasteiger charge is 2.09. The van der Waals surface area contributed by atoms with Gasteiger partial charge in [-0.2, -0.15) is 0 Å². The fraction of sp³-hybridized carbons (Fsp3) is 0.0769. The van der Waals surface area contributed by atoms with Gasteiger partial charge in [-0.15, -0.1) is 10.2 Å². The molecule has 6 heteroatoms. The summed E-state index contributed by atoms with van der Waals surface area (Å²) in [7, 11) is 0. The molecular formula is C13H10N4OS. The van der Waals surface area contributed by atoms with Crippen molar-refractivity contribution in [3.8, 4) is 0 Å². The standard InChI is InChI=1S/C13H10N4OS/c1-9-6-10(8-18)7-14-12(9)19-13-16-15-11-4-2-3-5-17(11)13/h2-8H,1H3. The predicted octanol–water partition coefficient (Wildman–Crippen LogP) is 2.40. The zero-order chi connectivity index (χ0) is 13.2. The van der Waals surface area contributed by atoms with Gasteiger partial charge in [-0.05, 0) is 42.4 Å². The summed E-state index contributed by atoms with van der Waals surface area (Å²) >= 11 is 1.43. The van der Waals surface area contributed by atoms with Crippen molar-refractivity contribution in [2.75, 3.05) is 0 Å². The highest BCUT2D eigenvalue weighted by molar-refractivity contribution is 7.99. The van der Waals surface area contributed by atoms with Crippen molar-refractivity contribution >= 4 is 23.7 Å². The van der Waals surface area contributed by atoms with Gasteiger partial charge in [0.15, 0.2) is 11.9 Å². The molecule has 0 unspecified atom stereocenters. The number of aromatic nitrogens is 4. The molecule has 0 N–H and O–H groups in total. The molecule has 0 aliphatic heterocycles. The second kappa shape index (κ2) is 4.81. The van der Waals surface area contributed by atoms with Crippen molar-refractivity contribution in [2.24, 2.45) is 0 Å². The summed E-state index contributed by atoms with van der Waals surface area (Å²) in [6, 6.07) is 7.55. The molecule has 0 aromatic carbocycles. The number of rotatable bonds is 3. The Morgan fingerprint density at radius 2 is 2.21 bits per heavy atom. The zero-order valence-corrected chi connectivity index (χ0v) is 11.0. The molecule has 0 saturated heterocycles. The average Bonchev–Trinajstić information content (AvgIpc) is 2.84. The molecule has 0 saturated carbocycles. The number of aryl methyl sites for hydroxylation is 1. The van der Waals surface area contributed by atoms with Crippen molar-refractivity contribution < 1.29 is 4.79 Å². The Morgan fingerprint density at radius 1 is 1.32 bits per heavy atom. The maximum atomic E-state index is 10.7. The maximum absolute atomic E-state index is 10.7. The molecule has 0 aliphatic rings. The molecule has 94 valence electrons.